The molecule has 0 spiro atoms. The summed E-state index contributed by atoms with van der Waals surface area (Å²) in [6.45, 7) is 2.39. The van der Waals surface area contributed by atoms with Gasteiger partial charge >= 0.3 is 0 Å². The molecule has 2 aliphatic rings. The van der Waals surface area contributed by atoms with Crippen LogP contribution in [0.3, 0.4) is 0 Å². The summed E-state index contributed by atoms with van der Waals surface area (Å²) in [6, 6.07) is 6.92. The molecule has 2 aliphatic heterocycles. The highest BCUT2D eigenvalue weighted by atomic mass is 32.2. The van der Waals surface area contributed by atoms with Crippen molar-refractivity contribution >= 4 is 40.4 Å². The fourth-order valence-corrected chi connectivity index (χ4v) is 3.87. The molecule has 0 bridgehead atoms. The van der Waals surface area contributed by atoms with E-state index in [1.807, 2.05) is 0 Å². The van der Waals surface area contributed by atoms with Crippen molar-refractivity contribution in [2.45, 2.75) is 25.8 Å². The Kier molecular flexibility index (Phi) is 5.08. The number of amides is 4. The molecule has 0 aromatic heterocycles. The number of nitrogens with one attached hydrogen (secondary N) is 1. The minimum absolute atomic E-state index is 0.0264. The number of anilines is 1. The van der Waals surface area contributed by atoms with Crippen LogP contribution in [0.25, 0.3) is 0 Å². The number of nitrogens with zero attached hydrogens (tertiary/aromatic N) is 2. The van der Waals surface area contributed by atoms with Gasteiger partial charge in [0.2, 0.25) is 17.7 Å². The Morgan fingerprint density at radius 1 is 1.24 bits per heavy atom. The van der Waals surface area contributed by atoms with Crippen molar-refractivity contribution in [1.29, 1.82) is 0 Å². The van der Waals surface area contributed by atoms with Crippen molar-refractivity contribution in [3.63, 3.8) is 0 Å². The summed E-state index contributed by atoms with van der Waals surface area (Å²) in [4.78, 5) is 50.1. The number of carbonyl (C=O) groups is 4. The fraction of sp³-hybridized carbons (Fsp3) is 0.412. The molecule has 0 radical (unpaired) electrons. The van der Waals surface area contributed by atoms with Crippen molar-refractivity contribution in [1.82, 2.24) is 9.80 Å². The lowest BCUT2D eigenvalue weighted by Crippen LogP contribution is -2.41. The van der Waals surface area contributed by atoms with E-state index in [9.17, 15) is 19.2 Å². The zero-order valence-corrected chi connectivity index (χ0v) is 14.7. The second-order valence-electron chi connectivity index (χ2n) is 6.16. The molecule has 8 heteroatoms. The van der Waals surface area contributed by atoms with Crippen molar-refractivity contribution in [2.75, 3.05) is 24.2 Å². The molecule has 0 saturated carbocycles. The van der Waals surface area contributed by atoms with Crippen LogP contribution in [0.2, 0.25) is 0 Å². The lowest BCUT2D eigenvalue weighted by Gasteiger charge is -2.22. The molecular formula is C17H19N3O4S. The van der Waals surface area contributed by atoms with E-state index in [1.54, 1.807) is 29.2 Å². The van der Waals surface area contributed by atoms with E-state index in [4.69, 9.17) is 0 Å². The van der Waals surface area contributed by atoms with Crippen LogP contribution in [-0.2, 0) is 20.8 Å². The summed E-state index contributed by atoms with van der Waals surface area (Å²) in [5.41, 5.74) is 1.54. The van der Waals surface area contributed by atoms with Crippen LogP contribution >= 0.6 is 11.8 Å². The maximum atomic E-state index is 12.5. The first kappa shape index (κ1) is 17.5. The molecule has 25 heavy (non-hydrogen) atoms. The Bertz CT molecular complexity index is 703. The molecule has 1 unspecified atom stereocenters. The molecule has 2 fully saturated rings. The number of rotatable bonds is 4. The number of benzene rings is 1. The number of carbonyl (C=O) groups excluding carboxylic acids is 4. The number of hydrogen-bond acceptors (Lipinski definition) is 5. The topological polar surface area (TPSA) is 86.8 Å². The maximum absolute atomic E-state index is 12.5. The van der Waals surface area contributed by atoms with Gasteiger partial charge in [0.15, 0.2) is 0 Å². The summed E-state index contributed by atoms with van der Waals surface area (Å²) >= 11 is 1.02. The second-order valence-corrected chi connectivity index (χ2v) is 7.08. The van der Waals surface area contributed by atoms with Crippen LogP contribution in [0.1, 0.15) is 18.9 Å². The van der Waals surface area contributed by atoms with E-state index < -0.39 is 0 Å². The number of likely N-dealkylation sites (tertiary alicyclic amines) is 1. The molecular weight excluding hydrogens is 342 g/mol. The number of imide groups is 1. The molecule has 7 nitrogen and oxygen atoms in total. The third-order valence-corrected chi connectivity index (χ3v) is 5.13. The van der Waals surface area contributed by atoms with Crippen LogP contribution in [0.5, 0.6) is 0 Å². The van der Waals surface area contributed by atoms with Crippen LogP contribution < -0.4 is 5.32 Å². The highest BCUT2D eigenvalue weighted by Crippen LogP contribution is 2.26. The monoisotopic (exact) mass is 361 g/mol. The van der Waals surface area contributed by atoms with Gasteiger partial charge in [-0.25, -0.2) is 0 Å². The maximum Gasteiger partial charge on any atom is 0.289 e. The van der Waals surface area contributed by atoms with Crippen LogP contribution in [-0.4, -0.2) is 57.6 Å². The first-order valence-corrected chi connectivity index (χ1v) is 9.05. The van der Waals surface area contributed by atoms with Crippen molar-refractivity contribution in [3.05, 3.63) is 29.8 Å². The van der Waals surface area contributed by atoms with Crippen LogP contribution in [0.15, 0.2) is 24.3 Å². The average molecular weight is 361 g/mol. The second kappa shape index (κ2) is 7.26. The molecule has 1 atom stereocenters. The summed E-state index contributed by atoms with van der Waals surface area (Å²) in [5.74, 6) is -0.135. The van der Waals surface area contributed by atoms with Gasteiger partial charge in [0.25, 0.3) is 5.24 Å². The Morgan fingerprint density at radius 2 is 1.96 bits per heavy atom. The average Bonchev–Trinajstić information content (AvgIpc) is 3.15. The van der Waals surface area contributed by atoms with Crippen molar-refractivity contribution in [2.24, 2.45) is 0 Å². The van der Waals surface area contributed by atoms with E-state index in [-0.39, 0.29) is 41.2 Å². The molecule has 1 aromatic rings. The molecule has 2 heterocycles. The highest BCUT2D eigenvalue weighted by molar-refractivity contribution is 8.14. The highest BCUT2D eigenvalue weighted by Gasteiger charge is 2.40. The standard InChI is InChI=1S/C17H19N3O4S/c1-11(21)18-13-4-2-12(3-5-13)8-15(22)19-7-6-14(9-19)20-16(23)10-25-17(20)24/h2-5,14H,6-10H2,1H3,(H,18,21). The Morgan fingerprint density at radius 3 is 2.56 bits per heavy atom. The van der Waals surface area contributed by atoms with Gasteiger partial charge < -0.3 is 10.2 Å². The zero-order chi connectivity index (χ0) is 18.0. The summed E-state index contributed by atoms with van der Waals surface area (Å²) < 4.78 is 0. The minimum Gasteiger partial charge on any atom is -0.340 e. The third-order valence-electron chi connectivity index (χ3n) is 4.30. The molecule has 0 aliphatic carbocycles. The van der Waals surface area contributed by atoms with E-state index in [2.05, 4.69) is 5.32 Å². The summed E-state index contributed by atoms with van der Waals surface area (Å²) in [6.07, 6.45) is 0.884. The number of thioether (sulfide) groups is 1. The first-order valence-electron chi connectivity index (χ1n) is 8.07. The minimum atomic E-state index is -0.210. The Labute approximate surface area is 149 Å². The Hall–Kier alpha value is -2.35. The lowest BCUT2D eigenvalue weighted by molar-refractivity contribution is -0.131. The van der Waals surface area contributed by atoms with E-state index >= 15 is 0 Å². The predicted molar refractivity (Wildman–Crippen MR) is 94.1 cm³/mol. The van der Waals surface area contributed by atoms with Crippen molar-refractivity contribution < 1.29 is 19.2 Å². The normalized spacial score (nSPS) is 20.3. The predicted octanol–water partition coefficient (Wildman–Crippen LogP) is 1.48. The quantitative estimate of drug-likeness (QED) is 0.878. The van der Waals surface area contributed by atoms with Gasteiger partial charge in [-0.3, -0.25) is 24.1 Å². The van der Waals surface area contributed by atoms with E-state index in [0.717, 1.165) is 17.3 Å². The van der Waals surface area contributed by atoms with Gasteiger partial charge in [-0.1, -0.05) is 23.9 Å². The molecule has 1 aromatic carbocycles. The van der Waals surface area contributed by atoms with Gasteiger partial charge in [-0.05, 0) is 24.1 Å². The smallest absolute Gasteiger partial charge is 0.289 e. The van der Waals surface area contributed by atoms with Gasteiger partial charge in [0.05, 0.1) is 18.2 Å². The SMILES string of the molecule is CC(=O)Nc1ccc(CC(=O)N2CCC(N3C(=O)CSC3=O)C2)cc1. The van der Waals surface area contributed by atoms with Gasteiger partial charge in [0.1, 0.15) is 0 Å². The molecule has 132 valence electrons. The molecule has 4 amide bonds. The zero-order valence-electron chi connectivity index (χ0n) is 13.9. The number of hydrogen-bond donors (Lipinski definition) is 1. The van der Waals surface area contributed by atoms with E-state index in [0.29, 0.717) is 25.2 Å². The lowest BCUT2D eigenvalue weighted by atomic mass is 10.1. The largest absolute Gasteiger partial charge is 0.340 e. The van der Waals surface area contributed by atoms with Gasteiger partial charge in [-0.15, -0.1) is 0 Å². The van der Waals surface area contributed by atoms with E-state index in [1.165, 1.54) is 11.8 Å². The van der Waals surface area contributed by atoms with Crippen LogP contribution in [0.4, 0.5) is 10.5 Å². The summed E-state index contributed by atoms with van der Waals surface area (Å²) in [7, 11) is 0. The van der Waals surface area contributed by atoms with Crippen LogP contribution in [0, 0.1) is 0 Å². The summed E-state index contributed by atoms with van der Waals surface area (Å²) in [5, 5.41) is 2.47. The van der Waals surface area contributed by atoms with Gasteiger partial charge in [0, 0.05) is 25.7 Å². The Balaban J connectivity index is 1.56. The fourth-order valence-electron chi connectivity index (χ4n) is 3.09. The first-order chi connectivity index (χ1) is 11.9. The third kappa shape index (κ3) is 4.01. The molecule has 1 N–H and O–H groups in total. The molecule has 3 rings (SSSR count). The van der Waals surface area contributed by atoms with Crippen molar-refractivity contribution in [3.8, 4) is 0 Å². The van der Waals surface area contributed by atoms with Gasteiger partial charge in [-0.2, -0.15) is 0 Å². The molecule has 2 saturated heterocycles.